The monoisotopic (exact) mass is 456 g/mol. The van der Waals surface area contributed by atoms with Gasteiger partial charge in [-0.3, -0.25) is 9.98 Å². The molecule has 2 bridgehead atoms. The van der Waals surface area contributed by atoms with Crippen molar-refractivity contribution in [1.82, 2.24) is 4.98 Å². The molecule has 0 aliphatic carbocycles. The van der Waals surface area contributed by atoms with Crippen LogP contribution in [0.1, 0.15) is 43.1 Å². The molecule has 32 heavy (non-hydrogen) atoms. The zero-order chi connectivity index (χ0) is 23.4. The molecule has 1 aromatic heterocycles. The summed E-state index contributed by atoms with van der Waals surface area (Å²) in [4.78, 5) is 13.0. The van der Waals surface area contributed by atoms with Gasteiger partial charge in [-0.2, -0.15) is 0 Å². The molecule has 0 spiro atoms. The molecule has 6 N–H and O–H groups in total. The summed E-state index contributed by atoms with van der Waals surface area (Å²) < 4.78 is 20.3. The number of ether oxygens (including phenoxy) is 1. The van der Waals surface area contributed by atoms with E-state index in [0.717, 1.165) is 0 Å². The van der Waals surface area contributed by atoms with Gasteiger partial charge >= 0.3 is 0 Å². The van der Waals surface area contributed by atoms with E-state index in [0.29, 0.717) is 51.5 Å². The standard InChI is InChI=1S/C23H26ClFN6O/c1-4-30-21-13(10-26)7-18(22(24)29-3)20(27)16-6-5-15(25)9-17(16)12(2)32-19-8-14(21)11-31-23(19)28/h5-6,8-12H,4,7,26-27H2,1-3H3,(H2,28,31). The third-order valence-corrected chi connectivity index (χ3v) is 5.56. The largest absolute Gasteiger partial charge is 0.482 e. The van der Waals surface area contributed by atoms with E-state index < -0.39 is 11.9 Å². The lowest BCUT2D eigenvalue weighted by Gasteiger charge is -2.23. The van der Waals surface area contributed by atoms with Gasteiger partial charge in [-0.25, -0.2) is 9.37 Å². The van der Waals surface area contributed by atoms with Crippen LogP contribution >= 0.6 is 11.6 Å². The summed E-state index contributed by atoms with van der Waals surface area (Å²) in [6, 6.07) is 6.06. The third-order valence-electron chi connectivity index (χ3n) is 5.16. The molecular formula is C23H26ClFN6O. The Morgan fingerprint density at radius 1 is 1.34 bits per heavy atom. The molecule has 0 saturated carbocycles. The highest BCUT2D eigenvalue weighted by Crippen LogP contribution is 2.34. The number of hydrogen-bond donors (Lipinski definition) is 3. The third kappa shape index (κ3) is 4.60. The Hall–Kier alpha value is -3.39. The molecule has 1 aliphatic rings. The molecule has 0 saturated heterocycles. The van der Waals surface area contributed by atoms with Crippen molar-refractivity contribution in [3.63, 3.8) is 0 Å². The number of aliphatic imine (C=N–C) groups is 2. The molecule has 1 aromatic carbocycles. The van der Waals surface area contributed by atoms with E-state index in [1.54, 1.807) is 32.3 Å². The number of anilines is 1. The van der Waals surface area contributed by atoms with Gasteiger partial charge in [-0.05, 0) is 49.9 Å². The lowest BCUT2D eigenvalue weighted by atomic mass is 9.92. The van der Waals surface area contributed by atoms with Crippen LogP contribution in [0.15, 0.2) is 57.8 Å². The number of fused-ring (bicyclic) bond motifs is 3. The summed E-state index contributed by atoms with van der Waals surface area (Å²) in [7, 11) is 1.57. The zero-order valence-corrected chi connectivity index (χ0v) is 18.9. The number of halogens is 2. The zero-order valence-electron chi connectivity index (χ0n) is 18.2. The van der Waals surface area contributed by atoms with E-state index in [1.165, 1.54) is 18.3 Å². The van der Waals surface area contributed by atoms with E-state index in [1.807, 2.05) is 6.92 Å². The van der Waals surface area contributed by atoms with Crippen molar-refractivity contribution < 1.29 is 9.13 Å². The number of nitrogen functional groups attached to an aromatic ring is 1. The normalized spacial score (nSPS) is 19.9. The minimum absolute atomic E-state index is 0.204. The Morgan fingerprint density at radius 2 is 2.09 bits per heavy atom. The van der Waals surface area contributed by atoms with E-state index >= 15 is 0 Å². The average molecular weight is 457 g/mol. The average Bonchev–Trinajstić information content (AvgIpc) is 2.78. The van der Waals surface area contributed by atoms with Crippen molar-refractivity contribution >= 4 is 34.0 Å². The summed E-state index contributed by atoms with van der Waals surface area (Å²) in [5.74, 6) is 0.132. The van der Waals surface area contributed by atoms with Crippen LogP contribution < -0.4 is 21.9 Å². The summed E-state index contributed by atoms with van der Waals surface area (Å²) in [5, 5.41) is 0.217. The lowest BCUT2D eigenvalue weighted by molar-refractivity contribution is 0.226. The smallest absolute Gasteiger partial charge is 0.166 e. The van der Waals surface area contributed by atoms with E-state index in [-0.39, 0.29) is 17.4 Å². The van der Waals surface area contributed by atoms with E-state index in [4.69, 9.17) is 33.5 Å². The highest BCUT2D eigenvalue weighted by molar-refractivity contribution is 6.70. The second-order valence-corrected chi connectivity index (χ2v) is 7.56. The van der Waals surface area contributed by atoms with Crippen LogP contribution in [0.4, 0.5) is 10.2 Å². The Balaban J connectivity index is 2.38. The van der Waals surface area contributed by atoms with Gasteiger partial charge < -0.3 is 21.9 Å². The Morgan fingerprint density at radius 3 is 2.75 bits per heavy atom. The van der Waals surface area contributed by atoms with Crippen molar-refractivity contribution in [1.29, 1.82) is 0 Å². The number of allylic oxidation sites excluding steroid dienone is 2. The molecule has 7 nitrogen and oxygen atoms in total. The second kappa shape index (κ2) is 9.82. The first-order valence-corrected chi connectivity index (χ1v) is 10.5. The topological polar surface area (TPSA) is 125 Å². The van der Waals surface area contributed by atoms with Crippen molar-refractivity contribution in [3.8, 4) is 5.75 Å². The van der Waals surface area contributed by atoms with Gasteiger partial charge in [0, 0.05) is 54.2 Å². The fourth-order valence-corrected chi connectivity index (χ4v) is 3.74. The molecular weight excluding hydrogens is 431 g/mol. The van der Waals surface area contributed by atoms with Crippen molar-refractivity contribution in [2.75, 3.05) is 19.3 Å². The van der Waals surface area contributed by atoms with Gasteiger partial charge in [0.25, 0.3) is 0 Å². The van der Waals surface area contributed by atoms with Crippen molar-refractivity contribution in [3.05, 3.63) is 70.3 Å². The first-order chi connectivity index (χ1) is 15.3. The molecule has 168 valence electrons. The molecule has 1 atom stereocenters. The number of rotatable bonds is 2. The van der Waals surface area contributed by atoms with Crippen LogP contribution in [-0.4, -0.2) is 29.5 Å². The first kappa shape index (κ1) is 23.3. The van der Waals surface area contributed by atoms with E-state index in [9.17, 15) is 4.39 Å². The van der Waals surface area contributed by atoms with Gasteiger partial charge in [0.2, 0.25) is 0 Å². The highest BCUT2D eigenvalue weighted by Gasteiger charge is 2.24. The van der Waals surface area contributed by atoms with Gasteiger partial charge in [0.1, 0.15) is 17.1 Å². The number of benzene rings is 1. The maximum absolute atomic E-state index is 14.2. The summed E-state index contributed by atoms with van der Waals surface area (Å²) >= 11 is 6.47. The van der Waals surface area contributed by atoms with Crippen molar-refractivity contribution in [2.45, 2.75) is 26.4 Å². The SMILES string of the molecule is CCN=C1C(=CN)CC(C(Cl)=NC)=C(N)c2ccc(F)cc2C(C)Oc2cc1cnc2N. The predicted molar refractivity (Wildman–Crippen MR) is 128 cm³/mol. The maximum atomic E-state index is 14.2. The number of pyridine rings is 1. The Labute approximate surface area is 191 Å². The van der Waals surface area contributed by atoms with Crippen LogP contribution in [0, 0.1) is 5.82 Å². The number of nitrogens with two attached hydrogens (primary N) is 3. The molecule has 1 aliphatic heterocycles. The molecule has 0 amide bonds. The highest BCUT2D eigenvalue weighted by atomic mass is 35.5. The van der Waals surface area contributed by atoms with Gasteiger partial charge in [-0.1, -0.05) is 11.6 Å². The number of aromatic nitrogens is 1. The molecule has 9 heteroatoms. The minimum Gasteiger partial charge on any atom is -0.482 e. The molecule has 0 fully saturated rings. The summed E-state index contributed by atoms with van der Waals surface area (Å²) in [5.41, 5.74) is 22.6. The molecule has 2 heterocycles. The molecule has 0 radical (unpaired) electrons. The summed E-state index contributed by atoms with van der Waals surface area (Å²) in [6.07, 6.45) is 2.72. The molecule has 3 rings (SSSR count). The first-order valence-electron chi connectivity index (χ1n) is 10.1. The van der Waals surface area contributed by atoms with Gasteiger partial charge in [0.05, 0.1) is 5.71 Å². The van der Waals surface area contributed by atoms with Crippen LogP contribution in [0.2, 0.25) is 0 Å². The predicted octanol–water partition coefficient (Wildman–Crippen LogP) is 3.94. The number of hydrogen-bond acceptors (Lipinski definition) is 7. The second-order valence-electron chi connectivity index (χ2n) is 7.20. The van der Waals surface area contributed by atoms with Crippen LogP contribution in [-0.2, 0) is 0 Å². The van der Waals surface area contributed by atoms with Gasteiger partial charge in [0.15, 0.2) is 11.6 Å². The number of nitrogens with zero attached hydrogens (tertiary/aromatic N) is 3. The molecule has 1 unspecified atom stereocenters. The maximum Gasteiger partial charge on any atom is 0.166 e. The Bertz CT molecular complexity index is 1160. The van der Waals surface area contributed by atoms with Crippen LogP contribution in [0.5, 0.6) is 5.75 Å². The quantitative estimate of drug-likeness (QED) is 0.590. The van der Waals surface area contributed by atoms with Gasteiger partial charge in [-0.15, -0.1) is 0 Å². The van der Waals surface area contributed by atoms with Crippen LogP contribution in [0.3, 0.4) is 0 Å². The van der Waals surface area contributed by atoms with E-state index in [2.05, 4.69) is 15.0 Å². The fourth-order valence-electron chi connectivity index (χ4n) is 3.57. The van der Waals surface area contributed by atoms with Crippen LogP contribution in [0.25, 0.3) is 5.70 Å². The molecule has 2 aromatic rings. The Kier molecular flexibility index (Phi) is 7.15. The minimum atomic E-state index is -0.590. The lowest BCUT2D eigenvalue weighted by Crippen LogP contribution is -2.18. The summed E-state index contributed by atoms with van der Waals surface area (Å²) in [6.45, 7) is 4.21. The fraction of sp³-hybridized carbons (Fsp3) is 0.261. The van der Waals surface area contributed by atoms with Crippen molar-refractivity contribution in [2.24, 2.45) is 21.5 Å².